The average Bonchev–Trinajstić information content (AvgIpc) is 3.16. The highest BCUT2D eigenvalue weighted by molar-refractivity contribution is 7.11. The predicted octanol–water partition coefficient (Wildman–Crippen LogP) is 1.29. The second kappa shape index (κ2) is 7.08. The molecule has 2 N–H and O–H groups in total. The minimum absolute atomic E-state index is 0.317. The Labute approximate surface area is 140 Å². The number of nitrogens with one attached hydrogen (secondary N) is 2. The van der Waals surface area contributed by atoms with Gasteiger partial charge in [0.2, 0.25) is 0 Å². The lowest BCUT2D eigenvalue weighted by Crippen LogP contribution is -2.46. The van der Waals surface area contributed by atoms with Crippen molar-refractivity contribution in [3.63, 3.8) is 0 Å². The van der Waals surface area contributed by atoms with Crippen LogP contribution in [0.2, 0.25) is 0 Å². The Hall–Kier alpha value is -1.96. The van der Waals surface area contributed by atoms with Crippen LogP contribution in [0.3, 0.4) is 0 Å². The Kier molecular flexibility index (Phi) is 4.90. The average molecular weight is 333 g/mol. The van der Waals surface area contributed by atoms with Crippen LogP contribution in [0.25, 0.3) is 0 Å². The van der Waals surface area contributed by atoms with E-state index in [0.717, 1.165) is 48.4 Å². The van der Waals surface area contributed by atoms with Crippen LogP contribution >= 0.6 is 11.3 Å². The summed E-state index contributed by atoms with van der Waals surface area (Å²) in [4.78, 5) is 14.5. The number of aliphatic imine (C=N–C) groups is 1. The number of nitrogens with zero attached hydrogens (tertiary/aromatic N) is 5. The number of rotatable bonds is 4. The second-order valence-corrected chi connectivity index (χ2v) is 6.84. The van der Waals surface area contributed by atoms with Gasteiger partial charge in [-0.1, -0.05) is 6.92 Å². The van der Waals surface area contributed by atoms with Gasteiger partial charge in [0.15, 0.2) is 5.96 Å². The minimum atomic E-state index is 0.317. The van der Waals surface area contributed by atoms with Crippen molar-refractivity contribution in [2.45, 2.75) is 52.2 Å². The van der Waals surface area contributed by atoms with Crippen molar-refractivity contribution in [1.82, 2.24) is 30.4 Å². The van der Waals surface area contributed by atoms with Gasteiger partial charge in [0.1, 0.15) is 16.7 Å². The van der Waals surface area contributed by atoms with Crippen molar-refractivity contribution in [1.29, 1.82) is 0 Å². The molecule has 124 valence electrons. The molecule has 0 bridgehead atoms. The Bertz CT molecular complexity index is 688. The molecule has 1 atom stereocenters. The summed E-state index contributed by atoms with van der Waals surface area (Å²) in [5.41, 5.74) is 0. The van der Waals surface area contributed by atoms with Gasteiger partial charge in [-0.15, -0.1) is 11.3 Å². The summed E-state index contributed by atoms with van der Waals surface area (Å²) in [7, 11) is 1.79. The molecule has 2 aromatic rings. The Morgan fingerprint density at radius 2 is 2.39 bits per heavy atom. The smallest absolute Gasteiger partial charge is 0.191 e. The van der Waals surface area contributed by atoms with Crippen molar-refractivity contribution in [3.8, 4) is 0 Å². The first-order chi connectivity index (χ1) is 11.2. The summed E-state index contributed by atoms with van der Waals surface area (Å²) in [6.07, 6.45) is 4.97. The lowest BCUT2D eigenvalue weighted by Gasteiger charge is -2.25. The number of thiazole rings is 1. The van der Waals surface area contributed by atoms with Crippen LogP contribution < -0.4 is 10.6 Å². The molecular weight excluding hydrogens is 310 g/mol. The maximum absolute atomic E-state index is 4.44. The second-order valence-electron chi connectivity index (χ2n) is 5.64. The molecular formula is C15H23N7S. The van der Waals surface area contributed by atoms with Crippen LogP contribution in [0.15, 0.2) is 11.2 Å². The third-order valence-electron chi connectivity index (χ3n) is 3.89. The molecule has 0 aromatic carbocycles. The summed E-state index contributed by atoms with van der Waals surface area (Å²) in [6.45, 7) is 5.61. The monoisotopic (exact) mass is 333 g/mol. The predicted molar refractivity (Wildman–Crippen MR) is 91.7 cm³/mol. The van der Waals surface area contributed by atoms with Gasteiger partial charge in [-0.3, -0.25) is 4.99 Å². The molecule has 7 nitrogen and oxygen atoms in total. The first kappa shape index (κ1) is 15.9. The van der Waals surface area contributed by atoms with Crippen molar-refractivity contribution in [2.24, 2.45) is 4.99 Å². The summed E-state index contributed by atoms with van der Waals surface area (Å²) < 4.78 is 2.00. The van der Waals surface area contributed by atoms with E-state index in [4.69, 9.17) is 0 Å². The fraction of sp³-hybridized carbons (Fsp3) is 0.600. The maximum atomic E-state index is 4.44. The van der Waals surface area contributed by atoms with E-state index in [9.17, 15) is 0 Å². The van der Waals surface area contributed by atoms with Crippen LogP contribution in [0, 0.1) is 6.92 Å². The standard InChI is InChI=1S/C15H23N7S/c1-4-12-7-17-14(23-12)8-18-15(16-3)20-11-5-6-13-19-10(2)21-22(13)9-11/h7,11H,4-6,8-9H2,1-3H3,(H2,16,18,20). The molecule has 8 heteroatoms. The molecule has 23 heavy (non-hydrogen) atoms. The van der Waals surface area contributed by atoms with Gasteiger partial charge in [0, 0.05) is 30.6 Å². The highest BCUT2D eigenvalue weighted by Gasteiger charge is 2.21. The Morgan fingerprint density at radius 3 is 3.13 bits per heavy atom. The summed E-state index contributed by atoms with van der Waals surface area (Å²) in [5, 5.41) is 12.3. The first-order valence-corrected chi connectivity index (χ1v) is 8.80. The number of fused-ring (bicyclic) bond motifs is 1. The van der Waals surface area contributed by atoms with Crippen LogP contribution in [0.1, 0.15) is 34.9 Å². The number of guanidine groups is 1. The van der Waals surface area contributed by atoms with Gasteiger partial charge in [0.05, 0.1) is 13.1 Å². The molecule has 0 saturated heterocycles. The Balaban J connectivity index is 1.53. The minimum Gasteiger partial charge on any atom is -0.352 e. The normalized spacial score (nSPS) is 17.9. The van der Waals surface area contributed by atoms with Crippen LogP contribution in [-0.2, 0) is 25.9 Å². The van der Waals surface area contributed by atoms with Gasteiger partial charge in [-0.2, -0.15) is 5.10 Å². The molecule has 1 unspecified atom stereocenters. The number of hydrogen-bond acceptors (Lipinski definition) is 5. The van der Waals surface area contributed by atoms with E-state index in [-0.39, 0.29) is 0 Å². The van der Waals surface area contributed by atoms with Crippen LogP contribution in [-0.4, -0.2) is 38.8 Å². The Morgan fingerprint density at radius 1 is 1.52 bits per heavy atom. The van der Waals surface area contributed by atoms with Crippen LogP contribution in [0.4, 0.5) is 0 Å². The molecule has 0 spiro atoms. The lowest BCUT2D eigenvalue weighted by atomic mass is 10.1. The zero-order chi connectivity index (χ0) is 16.2. The van der Waals surface area contributed by atoms with Crippen molar-refractivity contribution in [3.05, 3.63) is 27.7 Å². The largest absolute Gasteiger partial charge is 0.352 e. The molecule has 0 aliphatic carbocycles. The molecule has 0 saturated carbocycles. The van der Waals surface area contributed by atoms with E-state index in [0.29, 0.717) is 12.6 Å². The maximum Gasteiger partial charge on any atom is 0.191 e. The third-order valence-corrected chi connectivity index (χ3v) is 5.03. The van der Waals surface area contributed by atoms with E-state index < -0.39 is 0 Å². The summed E-state index contributed by atoms with van der Waals surface area (Å²) >= 11 is 1.75. The zero-order valence-electron chi connectivity index (χ0n) is 13.8. The highest BCUT2D eigenvalue weighted by Crippen LogP contribution is 2.14. The topological polar surface area (TPSA) is 80.0 Å². The SMILES string of the molecule is CCc1cnc(CNC(=NC)NC2CCc3nc(C)nn3C2)s1. The number of aromatic nitrogens is 4. The summed E-state index contributed by atoms with van der Waals surface area (Å²) in [5.74, 6) is 2.74. The van der Waals surface area contributed by atoms with Crippen molar-refractivity contribution < 1.29 is 0 Å². The number of hydrogen-bond donors (Lipinski definition) is 2. The summed E-state index contributed by atoms with van der Waals surface area (Å²) in [6, 6.07) is 0.317. The molecule has 0 radical (unpaired) electrons. The first-order valence-electron chi connectivity index (χ1n) is 7.99. The zero-order valence-corrected chi connectivity index (χ0v) is 14.7. The quantitative estimate of drug-likeness (QED) is 0.651. The molecule has 1 aliphatic heterocycles. The van der Waals surface area contributed by atoms with Crippen LogP contribution in [0.5, 0.6) is 0 Å². The van der Waals surface area contributed by atoms with E-state index in [1.54, 1.807) is 18.4 Å². The van der Waals surface area contributed by atoms with Crippen molar-refractivity contribution in [2.75, 3.05) is 7.05 Å². The van der Waals surface area contributed by atoms with E-state index in [2.05, 4.69) is 37.6 Å². The third kappa shape index (κ3) is 3.87. The van der Waals surface area contributed by atoms with Gasteiger partial charge >= 0.3 is 0 Å². The van der Waals surface area contributed by atoms with Gasteiger partial charge in [0.25, 0.3) is 0 Å². The molecule has 0 fully saturated rings. The molecule has 3 heterocycles. The van der Waals surface area contributed by atoms with Gasteiger partial charge in [-0.25, -0.2) is 14.6 Å². The molecule has 2 aromatic heterocycles. The number of aryl methyl sites for hydroxylation is 3. The molecule has 0 amide bonds. The molecule has 3 rings (SSSR count). The molecule has 1 aliphatic rings. The lowest BCUT2D eigenvalue weighted by molar-refractivity contribution is 0.392. The van der Waals surface area contributed by atoms with E-state index in [1.165, 1.54) is 4.88 Å². The highest BCUT2D eigenvalue weighted by atomic mass is 32.1. The van der Waals surface area contributed by atoms with Crippen molar-refractivity contribution >= 4 is 17.3 Å². The fourth-order valence-corrected chi connectivity index (χ4v) is 3.49. The van der Waals surface area contributed by atoms with Gasteiger partial charge in [-0.05, 0) is 19.8 Å². The van der Waals surface area contributed by atoms with E-state index >= 15 is 0 Å². The fourth-order valence-electron chi connectivity index (χ4n) is 2.69. The van der Waals surface area contributed by atoms with E-state index in [1.807, 2.05) is 17.8 Å². The van der Waals surface area contributed by atoms with Gasteiger partial charge < -0.3 is 10.6 Å².